The van der Waals surface area contributed by atoms with E-state index in [1.165, 1.54) is 4.88 Å². The minimum absolute atomic E-state index is 0.282. The van der Waals surface area contributed by atoms with Gasteiger partial charge in [-0.15, -0.1) is 11.3 Å². The minimum atomic E-state index is 0.282. The number of nitrogen functional groups attached to an aromatic ring is 1. The van der Waals surface area contributed by atoms with Gasteiger partial charge in [-0.05, 0) is 23.4 Å². The highest BCUT2D eigenvalue weighted by molar-refractivity contribution is 7.10. The molecule has 1 atom stereocenters. The van der Waals surface area contributed by atoms with Crippen molar-refractivity contribution in [1.82, 2.24) is 4.98 Å². The molecule has 17 heavy (non-hydrogen) atoms. The summed E-state index contributed by atoms with van der Waals surface area (Å²) in [6.07, 6.45) is 1.73. The van der Waals surface area contributed by atoms with E-state index in [0.29, 0.717) is 5.92 Å². The molecule has 0 fully saturated rings. The standard InChI is InChI=1S/C13H17N3S/c1-9(2)13(11-4-3-7-17-11)16-12-8-10(14)5-6-15-12/h3-9,13H,1-2H3,(H3,14,15,16). The molecule has 2 aromatic rings. The molecule has 4 heteroatoms. The van der Waals surface area contributed by atoms with Crippen LogP contribution < -0.4 is 11.1 Å². The third kappa shape index (κ3) is 2.97. The molecular weight excluding hydrogens is 230 g/mol. The molecule has 0 aromatic carbocycles. The number of thiophene rings is 1. The van der Waals surface area contributed by atoms with Crippen molar-refractivity contribution in [2.75, 3.05) is 11.1 Å². The first-order valence-corrected chi connectivity index (χ1v) is 6.56. The Bertz CT molecular complexity index is 465. The number of nitrogens with one attached hydrogen (secondary N) is 1. The van der Waals surface area contributed by atoms with E-state index >= 15 is 0 Å². The molecule has 3 N–H and O–H groups in total. The van der Waals surface area contributed by atoms with Crippen LogP contribution in [0.3, 0.4) is 0 Å². The number of hydrogen-bond donors (Lipinski definition) is 2. The quantitative estimate of drug-likeness (QED) is 0.869. The number of hydrogen-bond acceptors (Lipinski definition) is 4. The second kappa shape index (κ2) is 5.19. The molecule has 2 heterocycles. The maximum Gasteiger partial charge on any atom is 0.128 e. The zero-order valence-electron chi connectivity index (χ0n) is 10.1. The maximum absolute atomic E-state index is 5.75. The Balaban J connectivity index is 2.19. The van der Waals surface area contributed by atoms with Crippen molar-refractivity contribution >= 4 is 22.8 Å². The summed E-state index contributed by atoms with van der Waals surface area (Å²) in [5.74, 6) is 1.33. The molecule has 0 amide bonds. The van der Waals surface area contributed by atoms with E-state index in [0.717, 1.165) is 11.5 Å². The highest BCUT2D eigenvalue weighted by Crippen LogP contribution is 2.29. The van der Waals surface area contributed by atoms with Crippen LogP contribution in [0.2, 0.25) is 0 Å². The second-order valence-electron chi connectivity index (χ2n) is 4.36. The first-order valence-electron chi connectivity index (χ1n) is 5.68. The molecule has 0 aliphatic rings. The fourth-order valence-corrected chi connectivity index (χ4v) is 2.67. The number of nitrogens with two attached hydrogens (primary N) is 1. The topological polar surface area (TPSA) is 50.9 Å². The van der Waals surface area contributed by atoms with Gasteiger partial charge in [0.15, 0.2) is 0 Å². The SMILES string of the molecule is CC(C)C(Nc1cc(N)ccn1)c1cccs1. The van der Waals surface area contributed by atoms with E-state index < -0.39 is 0 Å². The summed E-state index contributed by atoms with van der Waals surface area (Å²) in [5.41, 5.74) is 6.48. The Morgan fingerprint density at radius 2 is 2.18 bits per heavy atom. The van der Waals surface area contributed by atoms with Crippen molar-refractivity contribution in [2.24, 2.45) is 5.92 Å². The van der Waals surface area contributed by atoms with Gasteiger partial charge >= 0.3 is 0 Å². The number of pyridine rings is 1. The zero-order chi connectivity index (χ0) is 12.3. The predicted octanol–water partition coefficient (Wildman–Crippen LogP) is 3.53. The van der Waals surface area contributed by atoms with Crippen molar-refractivity contribution in [3.63, 3.8) is 0 Å². The van der Waals surface area contributed by atoms with Crippen LogP contribution in [0.1, 0.15) is 24.8 Å². The minimum Gasteiger partial charge on any atom is -0.399 e. The first-order chi connectivity index (χ1) is 8.16. The van der Waals surface area contributed by atoms with Gasteiger partial charge in [0.2, 0.25) is 0 Å². The van der Waals surface area contributed by atoms with Gasteiger partial charge in [0.25, 0.3) is 0 Å². The summed E-state index contributed by atoms with van der Waals surface area (Å²) in [6.45, 7) is 4.40. The zero-order valence-corrected chi connectivity index (χ0v) is 10.9. The Hall–Kier alpha value is -1.55. The lowest BCUT2D eigenvalue weighted by molar-refractivity contribution is 0.552. The van der Waals surface area contributed by atoms with Gasteiger partial charge in [-0.3, -0.25) is 0 Å². The highest BCUT2D eigenvalue weighted by Gasteiger charge is 2.16. The van der Waals surface area contributed by atoms with Gasteiger partial charge in [-0.25, -0.2) is 4.98 Å². The van der Waals surface area contributed by atoms with Crippen LogP contribution in [-0.2, 0) is 0 Å². The molecule has 0 aliphatic carbocycles. The average molecular weight is 247 g/mol. The van der Waals surface area contributed by atoms with Crippen LogP contribution in [0.4, 0.5) is 11.5 Å². The third-order valence-electron chi connectivity index (χ3n) is 2.60. The fourth-order valence-electron chi connectivity index (χ4n) is 1.72. The molecule has 0 aliphatic heterocycles. The summed E-state index contributed by atoms with van der Waals surface area (Å²) >= 11 is 1.76. The van der Waals surface area contributed by atoms with Crippen LogP contribution in [0.15, 0.2) is 35.8 Å². The van der Waals surface area contributed by atoms with Gasteiger partial charge in [0.05, 0.1) is 6.04 Å². The van der Waals surface area contributed by atoms with E-state index in [9.17, 15) is 0 Å². The van der Waals surface area contributed by atoms with Crippen molar-refractivity contribution in [3.8, 4) is 0 Å². The maximum atomic E-state index is 5.75. The molecule has 3 nitrogen and oxygen atoms in total. The Kier molecular flexibility index (Phi) is 3.64. The smallest absolute Gasteiger partial charge is 0.128 e. The summed E-state index contributed by atoms with van der Waals surface area (Å²) in [4.78, 5) is 5.61. The molecule has 0 spiro atoms. The van der Waals surface area contributed by atoms with Crippen molar-refractivity contribution < 1.29 is 0 Å². The summed E-state index contributed by atoms with van der Waals surface area (Å²) in [5, 5.41) is 5.54. The lowest BCUT2D eigenvalue weighted by Crippen LogP contribution is -2.16. The monoisotopic (exact) mass is 247 g/mol. The highest BCUT2D eigenvalue weighted by atomic mass is 32.1. The molecule has 2 aromatic heterocycles. The van der Waals surface area contributed by atoms with Gasteiger partial charge in [-0.2, -0.15) is 0 Å². The number of nitrogens with zero attached hydrogens (tertiary/aromatic N) is 1. The molecule has 90 valence electrons. The van der Waals surface area contributed by atoms with E-state index in [1.807, 2.05) is 6.07 Å². The van der Waals surface area contributed by atoms with Crippen LogP contribution in [-0.4, -0.2) is 4.98 Å². The lowest BCUT2D eigenvalue weighted by atomic mass is 10.0. The van der Waals surface area contributed by atoms with E-state index in [4.69, 9.17) is 5.73 Å². The number of anilines is 2. The summed E-state index contributed by atoms with van der Waals surface area (Å²) in [6, 6.07) is 8.16. The van der Waals surface area contributed by atoms with Crippen LogP contribution in [0.5, 0.6) is 0 Å². The van der Waals surface area contributed by atoms with E-state index in [1.54, 1.807) is 23.6 Å². The number of aromatic nitrogens is 1. The Morgan fingerprint density at radius 1 is 1.35 bits per heavy atom. The summed E-state index contributed by atoms with van der Waals surface area (Å²) in [7, 11) is 0. The fraction of sp³-hybridized carbons (Fsp3) is 0.308. The predicted molar refractivity (Wildman–Crippen MR) is 74.2 cm³/mol. The molecule has 0 saturated heterocycles. The van der Waals surface area contributed by atoms with E-state index in [-0.39, 0.29) is 6.04 Å². The van der Waals surface area contributed by atoms with Crippen molar-refractivity contribution in [2.45, 2.75) is 19.9 Å². The molecular formula is C13H17N3S. The molecule has 0 radical (unpaired) electrons. The average Bonchev–Trinajstić information content (AvgIpc) is 2.78. The largest absolute Gasteiger partial charge is 0.399 e. The molecule has 2 rings (SSSR count). The third-order valence-corrected chi connectivity index (χ3v) is 3.56. The summed E-state index contributed by atoms with van der Waals surface area (Å²) < 4.78 is 0. The van der Waals surface area contributed by atoms with E-state index in [2.05, 4.69) is 41.7 Å². The van der Waals surface area contributed by atoms with Gasteiger partial charge in [-0.1, -0.05) is 19.9 Å². The Labute approximate surface area is 106 Å². The Morgan fingerprint density at radius 3 is 2.76 bits per heavy atom. The molecule has 0 bridgehead atoms. The molecule has 1 unspecified atom stereocenters. The second-order valence-corrected chi connectivity index (χ2v) is 5.34. The first kappa shape index (κ1) is 11.9. The lowest BCUT2D eigenvalue weighted by Gasteiger charge is -2.21. The van der Waals surface area contributed by atoms with Gasteiger partial charge < -0.3 is 11.1 Å². The van der Waals surface area contributed by atoms with Crippen LogP contribution in [0, 0.1) is 5.92 Å². The van der Waals surface area contributed by atoms with Gasteiger partial charge in [0.1, 0.15) is 5.82 Å². The van der Waals surface area contributed by atoms with Crippen molar-refractivity contribution in [3.05, 3.63) is 40.7 Å². The van der Waals surface area contributed by atoms with Crippen LogP contribution >= 0.6 is 11.3 Å². The van der Waals surface area contributed by atoms with Crippen molar-refractivity contribution in [1.29, 1.82) is 0 Å². The van der Waals surface area contributed by atoms with Gasteiger partial charge in [0, 0.05) is 22.8 Å². The normalized spacial score (nSPS) is 12.6. The molecule has 0 saturated carbocycles. The number of rotatable bonds is 4. The van der Waals surface area contributed by atoms with Crippen LogP contribution in [0.25, 0.3) is 0 Å².